The number of hydrogen-bond donors (Lipinski definition) is 1. The van der Waals surface area contributed by atoms with Gasteiger partial charge in [0.05, 0.1) is 12.6 Å². The summed E-state index contributed by atoms with van der Waals surface area (Å²) in [7, 11) is 0. The van der Waals surface area contributed by atoms with Crippen LogP contribution in [-0.4, -0.2) is 41.6 Å². The number of nitrogens with zero attached hydrogens (tertiary/aromatic N) is 1. The molecule has 0 aliphatic carbocycles. The average Bonchev–Trinajstić information content (AvgIpc) is 2.71. The van der Waals surface area contributed by atoms with E-state index in [1.54, 1.807) is 0 Å². The lowest BCUT2D eigenvalue weighted by Crippen LogP contribution is -2.48. The number of halogens is 3. The smallest absolute Gasteiger partial charge is 0.254 e. The first kappa shape index (κ1) is 15.8. The Kier molecular flexibility index (Phi) is 4.27. The molecular weight excluding hydrogens is 281 g/mol. The normalized spacial score (nSPS) is 22.7. The van der Waals surface area contributed by atoms with Gasteiger partial charge in [0.25, 0.3) is 5.91 Å². The molecule has 0 saturated carbocycles. The van der Waals surface area contributed by atoms with Gasteiger partial charge in [-0.2, -0.15) is 0 Å². The summed E-state index contributed by atoms with van der Waals surface area (Å²) in [5.41, 5.74) is -0.242. The lowest BCUT2D eigenvalue weighted by molar-refractivity contribution is 0.0780. The molecule has 1 N–H and O–H groups in total. The van der Waals surface area contributed by atoms with Crippen LogP contribution in [0.2, 0.25) is 0 Å². The van der Waals surface area contributed by atoms with E-state index >= 15 is 0 Å². The second kappa shape index (κ2) is 5.67. The summed E-state index contributed by atoms with van der Waals surface area (Å²) in [6.07, 6.45) is -1.18. The molecule has 1 heterocycles. The van der Waals surface area contributed by atoms with Crippen LogP contribution in [0.4, 0.5) is 13.2 Å². The molecule has 2 atom stereocenters. The summed E-state index contributed by atoms with van der Waals surface area (Å²) in [5, 5.41) is 3.12. The molecule has 2 rings (SSSR count). The minimum atomic E-state index is -1.18. The lowest BCUT2D eigenvalue weighted by Gasteiger charge is -2.26. The van der Waals surface area contributed by atoms with E-state index in [1.165, 1.54) is 11.0 Å². The Bertz CT molecular complexity index is 542. The monoisotopic (exact) mass is 300 g/mol. The molecule has 1 aliphatic heterocycles. The quantitative estimate of drug-likeness (QED) is 0.910. The van der Waals surface area contributed by atoms with Crippen LogP contribution >= 0.6 is 0 Å². The molecule has 0 radical (unpaired) electrons. The minimum absolute atomic E-state index is 0.0255. The lowest BCUT2D eigenvalue weighted by atomic mass is 10.1. The van der Waals surface area contributed by atoms with E-state index in [-0.39, 0.29) is 24.2 Å². The van der Waals surface area contributed by atoms with Crippen molar-refractivity contribution in [1.82, 2.24) is 10.2 Å². The molecule has 1 fully saturated rings. The van der Waals surface area contributed by atoms with Crippen LogP contribution in [-0.2, 0) is 0 Å². The minimum Gasteiger partial charge on any atom is -0.334 e. The van der Waals surface area contributed by atoms with E-state index in [4.69, 9.17) is 0 Å². The number of amides is 1. The maximum Gasteiger partial charge on any atom is 0.254 e. The van der Waals surface area contributed by atoms with Crippen molar-refractivity contribution in [2.75, 3.05) is 13.1 Å². The van der Waals surface area contributed by atoms with Crippen molar-refractivity contribution in [3.05, 3.63) is 35.4 Å². The number of nitrogens with one attached hydrogen (secondary N) is 1. The van der Waals surface area contributed by atoms with Crippen molar-refractivity contribution in [1.29, 1.82) is 0 Å². The number of hydrogen-bond acceptors (Lipinski definition) is 2. The van der Waals surface area contributed by atoms with Crippen molar-refractivity contribution in [3.63, 3.8) is 0 Å². The Hall–Kier alpha value is -1.56. The molecule has 0 aromatic heterocycles. The molecule has 1 aromatic rings. The van der Waals surface area contributed by atoms with Crippen molar-refractivity contribution >= 4 is 5.91 Å². The Morgan fingerprint density at radius 2 is 1.90 bits per heavy atom. The van der Waals surface area contributed by atoms with Gasteiger partial charge in [-0.3, -0.25) is 4.79 Å². The van der Waals surface area contributed by atoms with Crippen LogP contribution in [0, 0.1) is 11.6 Å². The maximum atomic E-state index is 14.0. The van der Waals surface area contributed by atoms with E-state index in [9.17, 15) is 18.0 Å². The second-order valence-electron chi connectivity index (χ2n) is 6.36. The molecule has 1 aliphatic rings. The zero-order valence-electron chi connectivity index (χ0n) is 12.3. The highest BCUT2D eigenvalue weighted by Crippen LogP contribution is 2.20. The highest BCUT2D eigenvalue weighted by Gasteiger charge is 2.37. The first-order valence-electron chi connectivity index (χ1n) is 6.83. The van der Waals surface area contributed by atoms with Crippen LogP contribution < -0.4 is 5.32 Å². The molecule has 21 heavy (non-hydrogen) atoms. The topological polar surface area (TPSA) is 32.3 Å². The summed E-state index contributed by atoms with van der Waals surface area (Å²) in [4.78, 5) is 13.5. The summed E-state index contributed by atoms with van der Waals surface area (Å²) < 4.78 is 40.0. The zero-order valence-corrected chi connectivity index (χ0v) is 12.3. The Morgan fingerprint density at radius 1 is 1.24 bits per heavy atom. The highest BCUT2D eigenvalue weighted by molar-refractivity contribution is 5.94. The van der Waals surface area contributed by atoms with Crippen molar-refractivity contribution in [2.24, 2.45) is 0 Å². The molecule has 0 spiro atoms. The largest absolute Gasteiger partial charge is 0.334 e. The van der Waals surface area contributed by atoms with Gasteiger partial charge in [0.1, 0.15) is 6.17 Å². The van der Waals surface area contributed by atoms with Crippen molar-refractivity contribution in [3.8, 4) is 0 Å². The fourth-order valence-corrected chi connectivity index (χ4v) is 2.43. The Labute approximate surface area is 122 Å². The van der Waals surface area contributed by atoms with E-state index in [1.807, 2.05) is 20.8 Å². The van der Waals surface area contributed by atoms with Gasteiger partial charge in [0, 0.05) is 17.6 Å². The van der Waals surface area contributed by atoms with Gasteiger partial charge >= 0.3 is 0 Å². The predicted molar refractivity (Wildman–Crippen MR) is 73.8 cm³/mol. The predicted octanol–water partition coefficient (Wildman–Crippen LogP) is 2.52. The van der Waals surface area contributed by atoms with Crippen molar-refractivity contribution in [2.45, 2.75) is 38.5 Å². The summed E-state index contributed by atoms with van der Waals surface area (Å²) in [6.45, 7) is 5.90. The molecular formula is C15H19F3N2O. The molecule has 6 heteroatoms. The van der Waals surface area contributed by atoms with Crippen LogP contribution in [0.5, 0.6) is 0 Å². The molecule has 1 aromatic carbocycles. The molecule has 0 unspecified atom stereocenters. The third-order valence-corrected chi connectivity index (χ3v) is 3.32. The van der Waals surface area contributed by atoms with Crippen LogP contribution in [0.1, 0.15) is 31.1 Å². The van der Waals surface area contributed by atoms with Gasteiger partial charge in [0.15, 0.2) is 11.6 Å². The van der Waals surface area contributed by atoms with Crippen LogP contribution in [0.3, 0.4) is 0 Å². The standard InChI is InChI=1S/C15H19F3N2O/c1-15(2,3)19-13-8-20(7-12(13)18)14(21)9-4-5-10(16)11(17)6-9/h4-6,12-13,19H,7-8H2,1-3H3/t12-,13+/m0/s1. The number of benzene rings is 1. The third-order valence-electron chi connectivity index (χ3n) is 3.32. The van der Waals surface area contributed by atoms with E-state index in [0.717, 1.165) is 12.1 Å². The SMILES string of the molecule is CC(C)(C)N[C@@H]1CN(C(=O)c2ccc(F)c(F)c2)C[C@@H]1F. The maximum absolute atomic E-state index is 14.0. The number of alkyl halides is 1. The molecule has 3 nitrogen and oxygen atoms in total. The Morgan fingerprint density at radius 3 is 2.48 bits per heavy atom. The summed E-state index contributed by atoms with van der Waals surface area (Å²) in [6, 6.07) is 2.49. The van der Waals surface area contributed by atoms with Gasteiger partial charge in [-0.15, -0.1) is 0 Å². The summed E-state index contributed by atoms with van der Waals surface area (Å²) in [5.74, 6) is -2.58. The third kappa shape index (κ3) is 3.75. The molecule has 0 bridgehead atoms. The zero-order chi connectivity index (χ0) is 15.8. The number of likely N-dealkylation sites (tertiary alicyclic amines) is 1. The fraction of sp³-hybridized carbons (Fsp3) is 0.533. The van der Waals surface area contributed by atoms with Gasteiger partial charge in [-0.25, -0.2) is 13.2 Å². The number of rotatable bonds is 2. The Balaban J connectivity index is 2.09. The van der Waals surface area contributed by atoms with Crippen molar-refractivity contribution < 1.29 is 18.0 Å². The molecule has 116 valence electrons. The van der Waals surface area contributed by atoms with Gasteiger partial charge < -0.3 is 10.2 Å². The number of carbonyl (C=O) groups excluding carboxylic acids is 1. The van der Waals surface area contributed by atoms with Gasteiger partial charge in [0.2, 0.25) is 0 Å². The van der Waals surface area contributed by atoms with Crippen LogP contribution in [0.25, 0.3) is 0 Å². The van der Waals surface area contributed by atoms with E-state index in [0.29, 0.717) is 0 Å². The number of carbonyl (C=O) groups is 1. The summed E-state index contributed by atoms with van der Waals surface area (Å²) >= 11 is 0. The van der Waals surface area contributed by atoms with E-state index in [2.05, 4.69) is 5.32 Å². The molecule has 1 amide bonds. The first-order valence-corrected chi connectivity index (χ1v) is 6.83. The first-order chi connectivity index (χ1) is 9.67. The fourth-order valence-electron chi connectivity index (χ4n) is 2.43. The van der Waals surface area contributed by atoms with E-state index < -0.39 is 29.8 Å². The van der Waals surface area contributed by atoms with Gasteiger partial charge in [-0.05, 0) is 39.0 Å². The second-order valence-corrected chi connectivity index (χ2v) is 6.36. The average molecular weight is 300 g/mol. The highest BCUT2D eigenvalue weighted by atomic mass is 19.2. The molecule has 1 saturated heterocycles. The van der Waals surface area contributed by atoms with Gasteiger partial charge in [-0.1, -0.05) is 0 Å². The van der Waals surface area contributed by atoms with Crippen LogP contribution in [0.15, 0.2) is 18.2 Å².